The Labute approximate surface area is 126 Å². The highest BCUT2D eigenvalue weighted by Crippen LogP contribution is 2.53. The van der Waals surface area contributed by atoms with Gasteiger partial charge in [-0.3, -0.25) is 4.98 Å². The molecule has 0 atom stereocenters. The third kappa shape index (κ3) is 2.43. The van der Waals surface area contributed by atoms with E-state index in [9.17, 15) is 0 Å². The molecule has 98 valence electrons. The van der Waals surface area contributed by atoms with Crippen LogP contribution in [0.25, 0.3) is 0 Å². The van der Waals surface area contributed by atoms with E-state index in [1.54, 1.807) is 0 Å². The molecule has 0 radical (unpaired) electrons. The number of thioether (sulfide) groups is 4. The Bertz CT molecular complexity index is 399. The van der Waals surface area contributed by atoms with Crippen LogP contribution in [-0.2, 0) is 8.16 Å². The van der Waals surface area contributed by atoms with Crippen molar-refractivity contribution in [3.8, 4) is 0 Å². The van der Waals surface area contributed by atoms with Gasteiger partial charge in [-0.2, -0.15) is 0 Å². The minimum Gasteiger partial charge on any atom is -0.253 e. The van der Waals surface area contributed by atoms with Crippen molar-refractivity contribution in [1.82, 2.24) is 4.98 Å². The van der Waals surface area contributed by atoms with Crippen LogP contribution >= 0.6 is 47.0 Å². The van der Waals surface area contributed by atoms with Crippen molar-refractivity contribution in [1.29, 1.82) is 0 Å². The monoisotopic (exact) mass is 315 g/mol. The molecule has 2 saturated heterocycles. The van der Waals surface area contributed by atoms with Crippen LogP contribution in [0.2, 0.25) is 0 Å². The van der Waals surface area contributed by atoms with E-state index in [0.29, 0.717) is 0 Å². The van der Waals surface area contributed by atoms with Crippen LogP contribution in [-0.4, -0.2) is 28.0 Å². The summed E-state index contributed by atoms with van der Waals surface area (Å²) >= 11 is 8.14. The Morgan fingerprint density at radius 2 is 1.22 bits per heavy atom. The standard InChI is InChI=1S/C13H17NS4/c1-12(15-6-7-16-12)10-4-3-5-11(14-10)13(2)17-8-9-18-13/h3-5H,6-9H2,1-2H3. The van der Waals surface area contributed by atoms with Crippen LogP contribution in [0, 0.1) is 0 Å². The molecule has 0 saturated carbocycles. The topological polar surface area (TPSA) is 12.9 Å². The minimum atomic E-state index is 0.167. The van der Waals surface area contributed by atoms with E-state index < -0.39 is 0 Å². The Morgan fingerprint density at radius 1 is 0.833 bits per heavy atom. The first-order valence-corrected chi connectivity index (χ1v) is 10.1. The third-order valence-corrected chi connectivity index (χ3v) is 9.96. The average molecular weight is 316 g/mol. The van der Waals surface area contributed by atoms with Gasteiger partial charge in [0.1, 0.15) is 8.16 Å². The summed E-state index contributed by atoms with van der Waals surface area (Å²) in [4.78, 5) is 5.00. The molecule has 3 rings (SSSR count). The number of aromatic nitrogens is 1. The van der Waals surface area contributed by atoms with Crippen LogP contribution in [0.1, 0.15) is 25.2 Å². The Hall–Kier alpha value is 0.550. The van der Waals surface area contributed by atoms with Gasteiger partial charge < -0.3 is 0 Å². The fraction of sp³-hybridized carbons (Fsp3) is 0.615. The largest absolute Gasteiger partial charge is 0.253 e. The number of pyridine rings is 1. The SMILES string of the molecule is CC1(c2cccc(C3(C)SCCS3)n2)SCCS1. The van der Waals surface area contributed by atoms with Crippen molar-refractivity contribution >= 4 is 47.0 Å². The normalized spacial score (nSPS) is 25.4. The Balaban J connectivity index is 1.94. The zero-order valence-corrected chi connectivity index (χ0v) is 13.9. The van der Waals surface area contributed by atoms with Crippen molar-refractivity contribution in [2.24, 2.45) is 0 Å². The molecule has 1 aromatic rings. The van der Waals surface area contributed by atoms with Crippen molar-refractivity contribution in [3.63, 3.8) is 0 Å². The lowest BCUT2D eigenvalue weighted by molar-refractivity contribution is 0.874. The number of nitrogens with zero attached hydrogens (tertiary/aromatic N) is 1. The molecule has 0 unspecified atom stereocenters. The lowest BCUT2D eigenvalue weighted by atomic mass is 10.2. The molecule has 0 aliphatic carbocycles. The lowest BCUT2D eigenvalue weighted by Gasteiger charge is -2.26. The van der Waals surface area contributed by atoms with E-state index in [0.717, 1.165) is 0 Å². The average Bonchev–Trinajstić information content (AvgIpc) is 3.01. The fourth-order valence-electron chi connectivity index (χ4n) is 2.27. The van der Waals surface area contributed by atoms with Gasteiger partial charge in [0.05, 0.1) is 11.4 Å². The van der Waals surface area contributed by atoms with Crippen LogP contribution in [0.5, 0.6) is 0 Å². The molecular weight excluding hydrogens is 298 g/mol. The van der Waals surface area contributed by atoms with E-state index in [2.05, 4.69) is 32.0 Å². The quantitative estimate of drug-likeness (QED) is 0.800. The second kappa shape index (κ2) is 5.15. The van der Waals surface area contributed by atoms with Gasteiger partial charge in [0.2, 0.25) is 0 Å². The lowest BCUT2D eigenvalue weighted by Crippen LogP contribution is -2.17. The highest BCUT2D eigenvalue weighted by Gasteiger charge is 2.37. The molecule has 5 heteroatoms. The predicted octanol–water partition coefficient (Wildman–Crippen LogP) is 4.39. The van der Waals surface area contributed by atoms with Crippen molar-refractivity contribution < 1.29 is 0 Å². The van der Waals surface area contributed by atoms with E-state index in [4.69, 9.17) is 4.98 Å². The summed E-state index contributed by atoms with van der Waals surface area (Å²) in [5, 5.41) is 0. The van der Waals surface area contributed by atoms with Crippen molar-refractivity contribution in [2.75, 3.05) is 23.0 Å². The number of hydrogen-bond acceptors (Lipinski definition) is 5. The molecular formula is C13H17NS4. The zero-order valence-electron chi connectivity index (χ0n) is 10.6. The highest BCUT2D eigenvalue weighted by molar-refractivity contribution is 8.21. The summed E-state index contributed by atoms with van der Waals surface area (Å²) < 4.78 is 0.334. The van der Waals surface area contributed by atoms with E-state index in [1.807, 2.05) is 47.0 Å². The first kappa shape index (κ1) is 13.5. The van der Waals surface area contributed by atoms with Crippen LogP contribution in [0.15, 0.2) is 18.2 Å². The molecule has 0 aromatic carbocycles. The molecule has 0 N–H and O–H groups in total. The van der Waals surface area contributed by atoms with E-state index >= 15 is 0 Å². The van der Waals surface area contributed by atoms with Crippen LogP contribution < -0.4 is 0 Å². The summed E-state index contributed by atoms with van der Waals surface area (Å²) in [6.07, 6.45) is 0. The summed E-state index contributed by atoms with van der Waals surface area (Å²) in [5.74, 6) is 4.98. The smallest absolute Gasteiger partial charge is 0.100 e. The van der Waals surface area contributed by atoms with Gasteiger partial charge in [-0.05, 0) is 26.0 Å². The Kier molecular flexibility index (Phi) is 3.87. The number of rotatable bonds is 2. The second-order valence-corrected chi connectivity index (χ2v) is 11.3. The maximum Gasteiger partial charge on any atom is 0.100 e. The molecule has 0 spiro atoms. The molecule has 0 amide bonds. The van der Waals surface area contributed by atoms with Crippen LogP contribution in [0.3, 0.4) is 0 Å². The molecule has 1 nitrogen and oxygen atoms in total. The first-order chi connectivity index (χ1) is 8.62. The molecule has 2 aliphatic rings. The maximum atomic E-state index is 5.00. The van der Waals surface area contributed by atoms with Gasteiger partial charge in [0.25, 0.3) is 0 Å². The zero-order chi connectivity index (χ0) is 12.6. The van der Waals surface area contributed by atoms with Gasteiger partial charge in [0.15, 0.2) is 0 Å². The minimum absolute atomic E-state index is 0.167. The first-order valence-electron chi connectivity index (χ1n) is 6.16. The molecule has 2 fully saturated rings. The Morgan fingerprint density at radius 3 is 1.61 bits per heavy atom. The molecule has 0 bridgehead atoms. The van der Waals surface area contributed by atoms with Gasteiger partial charge in [-0.25, -0.2) is 0 Å². The van der Waals surface area contributed by atoms with Gasteiger partial charge in [-0.1, -0.05) is 6.07 Å². The van der Waals surface area contributed by atoms with E-state index in [1.165, 1.54) is 34.4 Å². The van der Waals surface area contributed by atoms with Crippen molar-refractivity contribution in [3.05, 3.63) is 29.6 Å². The van der Waals surface area contributed by atoms with Gasteiger partial charge >= 0.3 is 0 Å². The second-order valence-electron chi connectivity index (χ2n) is 4.69. The third-order valence-electron chi connectivity index (χ3n) is 3.36. The summed E-state index contributed by atoms with van der Waals surface area (Å²) in [7, 11) is 0. The molecule has 3 heterocycles. The van der Waals surface area contributed by atoms with E-state index in [-0.39, 0.29) is 8.16 Å². The predicted molar refractivity (Wildman–Crippen MR) is 88.8 cm³/mol. The molecule has 2 aliphatic heterocycles. The van der Waals surface area contributed by atoms with Crippen LogP contribution in [0.4, 0.5) is 0 Å². The number of hydrogen-bond donors (Lipinski definition) is 0. The van der Waals surface area contributed by atoms with Gasteiger partial charge in [-0.15, -0.1) is 47.0 Å². The maximum absolute atomic E-state index is 5.00. The summed E-state index contributed by atoms with van der Waals surface area (Å²) in [5.41, 5.74) is 2.50. The summed E-state index contributed by atoms with van der Waals surface area (Å²) in [6.45, 7) is 4.64. The fourth-order valence-corrected chi connectivity index (χ4v) is 7.87. The summed E-state index contributed by atoms with van der Waals surface area (Å²) in [6, 6.07) is 6.58. The molecule has 18 heavy (non-hydrogen) atoms. The molecule has 1 aromatic heterocycles. The highest BCUT2D eigenvalue weighted by atomic mass is 32.2. The van der Waals surface area contributed by atoms with Crippen molar-refractivity contribution in [2.45, 2.75) is 22.0 Å². The van der Waals surface area contributed by atoms with Gasteiger partial charge in [0, 0.05) is 23.0 Å².